The van der Waals surface area contributed by atoms with Crippen molar-refractivity contribution in [3.63, 3.8) is 0 Å². The summed E-state index contributed by atoms with van der Waals surface area (Å²) in [4.78, 5) is 23.7. The van der Waals surface area contributed by atoms with Crippen LogP contribution in [0.3, 0.4) is 0 Å². The molecule has 27 heavy (non-hydrogen) atoms. The van der Waals surface area contributed by atoms with E-state index in [4.69, 9.17) is 4.52 Å². The predicted octanol–water partition coefficient (Wildman–Crippen LogP) is 3.88. The number of pyridine rings is 1. The zero-order chi connectivity index (χ0) is 18.7. The van der Waals surface area contributed by atoms with Crippen molar-refractivity contribution < 1.29 is 9.32 Å². The summed E-state index contributed by atoms with van der Waals surface area (Å²) < 4.78 is 5.35. The second kappa shape index (κ2) is 7.79. The third-order valence-corrected chi connectivity index (χ3v) is 6.20. The number of nitrogens with zero attached hydrogens (tertiary/aromatic N) is 4. The van der Waals surface area contributed by atoms with Gasteiger partial charge in [0.1, 0.15) is 0 Å². The first-order valence-electron chi connectivity index (χ1n) is 10.2. The van der Waals surface area contributed by atoms with E-state index in [0.717, 1.165) is 56.6 Å². The molecule has 0 bridgehead atoms. The van der Waals surface area contributed by atoms with Gasteiger partial charge in [0.05, 0.1) is 5.56 Å². The molecule has 4 rings (SSSR count). The highest BCUT2D eigenvalue weighted by Crippen LogP contribution is 2.38. The summed E-state index contributed by atoms with van der Waals surface area (Å²) in [7, 11) is 0. The maximum absolute atomic E-state index is 13.0. The summed E-state index contributed by atoms with van der Waals surface area (Å²) in [6.45, 7) is 3.94. The predicted molar refractivity (Wildman–Crippen MR) is 102 cm³/mol. The minimum Gasteiger partial charge on any atom is -0.342 e. The summed E-state index contributed by atoms with van der Waals surface area (Å²) in [6.07, 6.45) is 12.1. The Morgan fingerprint density at radius 2 is 2.19 bits per heavy atom. The molecule has 1 unspecified atom stereocenters. The molecular weight excluding hydrogens is 340 g/mol. The first-order valence-corrected chi connectivity index (χ1v) is 10.2. The van der Waals surface area contributed by atoms with Gasteiger partial charge in [0.15, 0.2) is 5.82 Å². The maximum atomic E-state index is 13.0. The molecule has 2 aliphatic rings. The van der Waals surface area contributed by atoms with E-state index >= 15 is 0 Å². The molecule has 2 aromatic heterocycles. The van der Waals surface area contributed by atoms with Crippen molar-refractivity contribution >= 4 is 5.91 Å². The number of amides is 1. The Hall–Kier alpha value is -2.24. The summed E-state index contributed by atoms with van der Waals surface area (Å²) in [5, 5.41) is 4.10. The van der Waals surface area contributed by atoms with E-state index in [1.165, 1.54) is 19.3 Å². The van der Waals surface area contributed by atoms with Crippen LogP contribution in [-0.4, -0.2) is 39.0 Å². The van der Waals surface area contributed by atoms with Crippen molar-refractivity contribution in [2.45, 2.75) is 58.3 Å². The topological polar surface area (TPSA) is 72.1 Å². The van der Waals surface area contributed by atoms with Gasteiger partial charge in [0.25, 0.3) is 5.89 Å². The van der Waals surface area contributed by atoms with Crippen molar-refractivity contribution in [1.82, 2.24) is 20.0 Å². The van der Waals surface area contributed by atoms with Crippen LogP contribution in [0.5, 0.6) is 0 Å². The van der Waals surface area contributed by atoms with Crippen LogP contribution in [0, 0.1) is 11.3 Å². The number of carbonyl (C=O) groups is 1. The smallest absolute Gasteiger partial charge is 0.259 e. The first kappa shape index (κ1) is 18.1. The van der Waals surface area contributed by atoms with E-state index in [9.17, 15) is 4.79 Å². The van der Waals surface area contributed by atoms with Gasteiger partial charge in [-0.15, -0.1) is 0 Å². The summed E-state index contributed by atoms with van der Waals surface area (Å²) >= 11 is 0. The second-order valence-electron chi connectivity index (χ2n) is 8.32. The number of aryl methyl sites for hydroxylation is 1. The highest BCUT2D eigenvalue weighted by Gasteiger charge is 2.39. The zero-order valence-corrected chi connectivity index (χ0v) is 16.1. The Morgan fingerprint density at radius 1 is 1.33 bits per heavy atom. The summed E-state index contributed by atoms with van der Waals surface area (Å²) in [6, 6.07) is 3.77. The Morgan fingerprint density at radius 3 is 2.96 bits per heavy atom. The molecule has 2 aromatic rings. The first-order chi connectivity index (χ1) is 13.1. The molecule has 0 aromatic carbocycles. The average molecular weight is 368 g/mol. The zero-order valence-electron chi connectivity index (χ0n) is 16.1. The van der Waals surface area contributed by atoms with E-state index in [1.54, 1.807) is 12.4 Å². The fourth-order valence-corrected chi connectivity index (χ4v) is 4.48. The van der Waals surface area contributed by atoms with Crippen LogP contribution in [0.2, 0.25) is 0 Å². The molecule has 1 amide bonds. The lowest BCUT2D eigenvalue weighted by molar-refractivity contribution is -0.142. The highest BCUT2D eigenvalue weighted by molar-refractivity contribution is 5.82. The number of rotatable bonds is 5. The van der Waals surface area contributed by atoms with Gasteiger partial charge in [-0.25, -0.2) is 0 Å². The third-order valence-electron chi connectivity index (χ3n) is 6.20. The van der Waals surface area contributed by atoms with Gasteiger partial charge in [-0.1, -0.05) is 31.3 Å². The maximum Gasteiger partial charge on any atom is 0.259 e. The number of hydrogen-bond acceptors (Lipinski definition) is 5. The van der Waals surface area contributed by atoms with Crippen molar-refractivity contribution in [3.8, 4) is 11.5 Å². The summed E-state index contributed by atoms with van der Waals surface area (Å²) in [5.74, 6) is 2.16. The normalized spacial score (nSPS) is 22.1. The molecule has 3 heterocycles. The molecule has 1 saturated heterocycles. The van der Waals surface area contributed by atoms with Crippen molar-refractivity contribution in [3.05, 3.63) is 30.4 Å². The molecule has 1 atom stereocenters. The van der Waals surface area contributed by atoms with Crippen LogP contribution in [-0.2, 0) is 11.2 Å². The third kappa shape index (κ3) is 4.04. The van der Waals surface area contributed by atoms with Gasteiger partial charge in [-0.05, 0) is 43.7 Å². The van der Waals surface area contributed by atoms with Crippen molar-refractivity contribution in [1.29, 1.82) is 0 Å². The molecule has 0 radical (unpaired) electrons. The fourth-order valence-electron chi connectivity index (χ4n) is 4.48. The standard InChI is InChI=1S/C21H28N4O2/c1-21(10-3-2-4-11-21)20(26)25-13-9-16(15-25)7-8-18-23-19(27-24-18)17-6-5-12-22-14-17/h5-6,12,14,16H,2-4,7-11,13,15H2,1H3. The lowest BCUT2D eigenvalue weighted by Gasteiger charge is -2.35. The number of hydrogen-bond donors (Lipinski definition) is 0. The molecule has 1 saturated carbocycles. The Labute approximate surface area is 160 Å². The molecule has 1 aliphatic carbocycles. The number of likely N-dealkylation sites (tertiary alicyclic amines) is 1. The lowest BCUT2D eigenvalue weighted by atomic mass is 9.74. The Bertz CT molecular complexity index is 767. The molecule has 2 fully saturated rings. The minimum absolute atomic E-state index is 0.126. The Kier molecular flexibility index (Phi) is 5.23. The average Bonchev–Trinajstić information content (AvgIpc) is 3.37. The van der Waals surface area contributed by atoms with Crippen LogP contribution in [0.15, 0.2) is 29.0 Å². The second-order valence-corrected chi connectivity index (χ2v) is 8.32. The van der Waals surface area contributed by atoms with E-state index in [0.29, 0.717) is 17.7 Å². The van der Waals surface area contributed by atoms with Crippen LogP contribution < -0.4 is 0 Å². The van der Waals surface area contributed by atoms with Gasteiger partial charge in [-0.3, -0.25) is 9.78 Å². The Balaban J connectivity index is 1.29. The fraction of sp³-hybridized carbons (Fsp3) is 0.619. The van der Waals surface area contributed by atoms with Crippen molar-refractivity contribution in [2.75, 3.05) is 13.1 Å². The van der Waals surface area contributed by atoms with Crippen LogP contribution in [0.1, 0.15) is 57.7 Å². The molecule has 6 heteroatoms. The number of carbonyl (C=O) groups excluding carboxylic acids is 1. The monoisotopic (exact) mass is 368 g/mol. The van der Waals surface area contributed by atoms with E-state index in [2.05, 4.69) is 26.9 Å². The van der Waals surface area contributed by atoms with Crippen LogP contribution >= 0.6 is 0 Å². The van der Waals surface area contributed by atoms with Gasteiger partial charge in [0.2, 0.25) is 5.91 Å². The molecule has 0 N–H and O–H groups in total. The quantitative estimate of drug-likeness (QED) is 0.801. The molecule has 144 valence electrons. The minimum atomic E-state index is -0.126. The van der Waals surface area contributed by atoms with E-state index in [1.807, 2.05) is 12.1 Å². The van der Waals surface area contributed by atoms with Gasteiger partial charge in [-0.2, -0.15) is 4.98 Å². The SMILES string of the molecule is CC1(C(=O)N2CCC(CCc3noc(-c4cccnc4)n3)C2)CCCCC1. The van der Waals surface area contributed by atoms with E-state index < -0.39 is 0 Å². The van der Waals surface area contributed by atoms with Gasteiger partial charge in [0, 0.05) is 37.3 Å². The molecule has 1 aliphatic heterocycles. The molecule has 0 spiro atoms. The molecule has 6 nitrogen and oxygen atoms in total. The highest BCUT2D eigenvalue weighted by atomic mass is 16.5. The summed E-state index contributed by atoms with van der Waals surface area (Å²) in [5.41, 5.74) is 0.717. The van der Waals surface area contributed by atoms with Gasteiger partial charge < -0.3 is 9.42 Å². The van der Waals surface area contributed by atoms with Crippen molar-refractivity contribution in [2.24, 2.45) is 11.3 Å². The van der Waals surface area contributed by atoms with E-state index in [-0.39, 0.29) is 5.41 Å². The largest absolute Gasteiger partial charge is 0.342 e. The van der Waals surface area contributed by atoms with Gasteiger partial charge >= 0.3 is 0 Å². The van der Waals surface area contributed by atoms with Crippen LogP contribution in [0.4, 0.5) is 0 Å². The lowest BCUT2D eigenvalue weighted by Crippen LogP contribution is -2.42. The number of aromatic nitrogens is 3. The molecular formula is C21H28N4O2. The van der Waals surface area contributed by atoms with Crippen LogP contribution in [0.25, 0.3) is 11.5 Å².